The number of nitrogens with zero attached hydrogens (tertiary/aromatic N) is 1. The van der Waals surface area contributed by atoms with Gasteiger partial charge in [0.1, 0.15) is 5.54 Å². The monoisotopic (exact) mass is 255 g/mol. The van der Waals surface area contributed by atoms with Crippen LogP contribution in [0.15, 0.2) is 0 Å². The van der Waals surface area contributed by atoms with E-state index in [9.17, 15) is 4.79 Å². The van der Waals surface area contributed by atoms with Gasteiger partial charge in [-0.05, 0) is 52.5 Å². The zero-order valence-electron chi connectivity index (χ0n) is 12.3. The summed E-state index contributed by atoms with van der Waals surface area (Å²) in [6.07, 6.45) is 3.79. The molecule has 0 heterocycles. The van der Waals surface area contributed by atoms with E-state index >= 15 is 0 Å². The molecule has 0 aliphatic heterocycles. The predicted molar refractivity (Wildman–Crippen MR) is 75.3 cm³/mol. The summed E-state index contributed by atoms with van der Waals surface area (Å²) in [5, 5.41) is 3.32. The van der Waals surface area contributed by atoms with Crippen molar-refractivity contribution in [2.24, 2.45) is 11.7 Å². The van der Waals surface area contributed by atoms with Crippen molar-refractivity contribution in [3.63, 3.8) is 0 Å². The molecule has 106 valence electrons. The Balaban J connectivity index is 2.62. The largest absolute Gasteiger partial charge is 0.368 e. The average Bonchev–Trinajstić information content (AvgIpc) is 3.00. The van der Waals surface area contributed by atoms with Gasteiger partial charge in [0, 0.05) is 19.1 Å². The molecule has 0 radical (unpaired) electrons. The van der Waals surface area contributed by atoms with Gasteiger partial charge in [0.15, 0.2) is 0 Å². The minimum Gasteiger partial charge on any atom is -0.368 e. The lowest BCUT2D eigenvalue weighted by Crippen LogP contribution is -2.61. The first-order valence-corrected chi connectivity index (χ1v) is 7.17. The molecule has 0 aromatic rings. The Morgan fingerprint density at radius 2 is 2.11 bits per heavy atom. The highest BCUT2D eigenvalue weighted by molar-refractivity contribution is 5.84. The summed E-state index contributed by atoms with van der Waals surface area (Å²) in [5.74, 6) is 0.584. The van der Waals surface area contributed by atoms with Crippen LogP contribution in [0.1, 0.15) is 47.0 Å². The molecular formula is C14H29N3O. The van der Waals surface area contributed by atoms with Gasteiger partial charge in [-0.2, -0.15) is 0 Å². The van der Waals surface area contributed by atoms with Crippen LogP contribution >= 0.6 is 0 Å². The third-order valence-electron chi connectivity index (χ3n) is 3.44. The molecule has 0 aromatic heterocycles. The van der Waals surface area contributed by atoms with Gasteiger partial charge in [-0.25, -0.2) is 0 Å². The zero-order chi connectivity index (χ0) is 13.8. The molecule has 0 saturated heterocycles. The van der Waals surface area contributed by atoms with Crippen molar-refractivity contribution in [2.45, 2.75) is 58.5 Å². The number of hydrogen-bond donors (Lipinski definition) is 2. The average molecular weight is 255 g/mol. The molecule has 0 bridgehead atoms. The SMILES string of the molecule is CCCN(CC1CC1)CC(C)(NC(C)C)C(N)=O. The van der Waals surface area contributed by atoms with E-state index < -0.39 is 5.54 Å². The molecule has 4 heteroatoms. The molecule has 1 unspecified atom stereocenters. The molecule has 1 amide bonds. The van der Waals surface area contributed by atoms with E-state index in [4.69, 9.17) is 5.73 Å². The van der Waals surface area contributed by atoms with Gasteiger partial charge in [-0.3, -0.25) is 4.79 Å². The lowest BCUT2D eigenvalue weighted by Gasteiger charge is -2.35. The molecule has 18 heavy (non-hydrogen) atoms. The van der Waals surface area contributed by atoms with Gasteiger partial charge < -0.3 is 16.0 Å². The fraction of sp³-hybridized carbons (Fsp3) is 0.929. The van der Waals surface area contributed by atoms with E-state index in [0.29, 0.717) is 6.54 Å². The first-order chi connectivity index (χ1) is 8.37. The van der Waals surface area contributed by atoms with Gasteiger partial charge in [-0.1, -0.05) is 6.92 Å². The Kier molecular flexibility index (Phi) is 5.60. The van der Waals surface area contributed by atoms with Gasteiger partial charge in [0.2, 0.25) is 5.91 Å². The highest BCUT2D eigenvalue weighted by Crippen LogP contribution is 2.30. The second-order valence-electron chi connectivity index (χ2n) is 6.17. The summed E-state index contributed by atoms with van der Waals surface area (Å²) in [4.78, 5) is 14.1. The number of hydrogen-bond acceptors (Lipinski definition) is 3. The molecule has 0 aromatic carbocycles. The third kappa shape index (κ3) is 4.94. The van der Waals surface area contributed by atoms with E-state index in [1.165, 1.54) is 12.8 Å². The zero-order valence-corrected chi connectivity index (χ0v) is 12.3. The van der Waals surface area contributed by atoms with Crippen LogP contribution in [-0.4, -0.2) is 42.0 Å². The Hall–Kier alpha value is -0.610. The van der Waals surface area contributed by atoms with Crippen molar-refractivity contribution < 1.29 is 4.79 Å². The van der Waals surface area contributed by atoms with Crippen molar-refractivity contribution in [3.8, 4) is 0 Å². The van der Waals surface area contributed by atoms with E-state index in [1.54, 1.807) is 0 Å². The predicted octanol–water partition coefficient (Wildman–Crippen LogP) is 1.35. The lowest BCUT2D eigenvalue weighted by molar-refractivity contribution is -0.125. The fourth-order valence-electron chi connectivity index (χ4n) is 2.50. The maximum absolute atomic E-state index is 11.7. The van der Waals surface area contributed by atoms with Crippen LogP contribution < -0.4 is 11.1 Å². The highest BCUT2D eigenvalue weighted by atomic mass is 16.1. The molecule has 1 atom stereocenters. The van der Waals surface area contributed by atoms with Gasteiger partial charge in [0.25, 0.3) is 0 Å². The summed E-state index contributed by atoms with van der Waals surface area (Å²) >= 11 is 0. The van der Waals surface area contributed by atoms with Crippen molar-refractivity contribution in [1.82, 2.24) is 10.2 Å². The van der Waals surface area contributed by atoms with Crippen molar-refractivity contribution in [3.05, 3.63) is 0 Å². The number of rotatable bonds is 9. The van der Waals surface area contributed by atoms with E-state index in [0.717, 1.165) is 25.4 Å². The van der Waals surface area contributed by atoms with Crippen LogP contribution in [0.5, 0.6) is 0 Å². The topological polar surface area (TPSA) is 58.4 Å². The summed E-state index contributed by atoms with van der Waals surface area (Å²) in [6, 6.07) is 0.256. The molecular weight excluding hydrogens is 226 g/mol. The second-order valence-corrected chi connectivity index (χ2v) is 6.17. The Morgan fingerprint density at radius 1 is 1.50 bits per heavy atom. The van der Waals surface area contributed by atoms with Crippen LogP contribution in [0.25, 0.3) is 0 Å². The minimum atomic E-state index is -0.627. The number of nitrogens with two attached hydrogens (primary N) is 1. The standard InChI is InChI=1S/C14H29N3O/c1-5-8-17(9-12-6-7-12)10-14(4,13(15)18)16-11(2)3/h11-12,16H,5-10H2,1-4H3,(H2,15,18). The summed E-state index contributed by atoms with van der Waals surface area (Å²) < 4.78 is 0. The molecule has 1 fully saturated rings. The van der Waals surface area contributed by atoms with E-state index in [2.05, 4.69) is 17.1 Å². The van der Waals surface area contributed by atoms with Gasteiger partial charge >= 0.3 is 0 Å². The smallest absolute Gasteiger partial charge is 0.238 e. The molecule has 4 nitrogen and oxygen atoms in total. The Bertz CT molecular complexity index is 276. The highest BCUT2D eigenvalue weighted by Gasteiger charge is 2.35. The third-order valence-corrected chi connectivity index (χ3v) is 3.44. The maximum Gasteiger partial charge on any atom is 0.238 e. The molecule has 0 spiro atoms. The first kappa shape index (κ1) is 15.4. The van der Waals surface area contributed by atoms with Crippen LogP contribution in [0.3, 0.4) is 0 Å². The first-order valence-electron chi connectivity index (χ1n) is 7.17. The molecule has 1 aliphatic rings. The Morgan fingerprint density at radius 3 is 2.50 bits per heavy atom. The summed E-state index contributed by atoms with van der Waals surface area (Å²) in [6.45, 7) is 11.1. The van der Waals surface area contributed by atoms with Gasteiger partial charge in [0.05, 0.1) is 0 Å². The molecule has 1 rings (SSSR count). The number of nitrogens with one attached hydrogen (secondary N) is 1. The summed E-state index contributed by atoms with van der Waals surface area (Å²) in [5.41, 5.74) is 4.96. The lowest BCUT2D eigenvalue weighted by atomic mass is 9.99. The number of primary amides is 1. The van der Waals surface area contributed by atoms with Crippen LogP contribution in [0, 0.1) is 5.92 Å². The second kappa shape index (κ2) is 6.53. The molecule has 1 aliphatic carbocycles. The number of carbonyl (C=O) groups is 1. The van der Waals surface area contributed by atoms with Crippen LogP contribution in [-0.2, 0) is 4.79 Å². The summed E-state index contributed by atoms with van der Waals surface area (Å²) in [7, 11) is 0. The quantitative estimate of drug-likeness (QED) is 0.654. The minimum absolute atomic E-state index is 0.256. The van der Waals surface area contributed by atoms with E-state index in [-0.39, 0.29) is 11.9 Å². The fourth-order valence-corrected chi connectivity index (χ4v) is 2.50. The van der Waals surface area contributed by atoms with Crippen LogP contribution in [0.2, 0.25) is 0 Å². The van der Waals surface area contributed by atoms with Crippen molar-refractivity contribution >= 4 is 5.91 Å². The van der Waals surface area contributed by atoms with Crippen molar-refractivity contribution in [2.75, 3.05) is 19.6 Å². The van der Waals surface area contributed by atoms with E-state index in [1.807, 2.05) is 20.8 Å². The molecule has 3 N–H and O–H groups in total. The van der Waals surface area contributed by atoms with Crippen molar-refractivity contribution in [1.29, 1.82) is 0 Å². The Labute approximate surface area is 111 Å². The van der Waals surface area contributed by atoms with Crippen LogP contribution in [0.4, 0.5) is 0 Å². The normalized spacial score (nSPS) is 19.2. The number of carbonyl (C=O) groups excluding carboxylic acids is 1. The van der Waals surface area contributed by atoms with Gasteiger partial charge in [-0.15, -0.1) is 0 Å². The molecule has 1 saturated carbocycles. The maximum atomic E-state index is 11.7. The number of amides is 1.